The van der Waals surface area contributed by atoms with E-state index in [1.807, 2.05) is 36.4 Å². The predicted octanol–water partition coefficient (Wildman–Crippen LogP) is 4.91. The second kappa shape index (κ2) is 3.47. The van der Waals surface area contributed by atoms with Gasteiger partial charge in [0.1, 0.15) is 5.75 Å². The molecule has 4 aromatic rings. The molecule has 1 heterocycles. The minimum absolute atomic E-state index is 0.407. The molecule has 4 rings (SSSR count). The Morgan fingerprint density at radius 3 is 2.39 bits per heavy atom. The molecule has 0 amide bonds. The van der Waals surface area contributed by atoms with Gasteiger partial charge in [-0.05, 0) is 17.5 Å². The highest BCUT2D eigenvalue weighted by atomic mass is 32.1. The van der Waals surface area contributed by atoms with E-state index < -0.39 is 0 Å². The third kappa shape index (κ3) is 1.21. The van der Waals surface area contributed by atoms with E-state index in [1.54, 1.807) is 11.3 Å². The van der Waals surface area contributed by atoms with Crippen LogP contribution in [0.5, 0.6) is 5.75 Å². The summed E-state index contributed by atoms with van der Waals surface area (Å²) < 4.78 is 2.20. The first-order valence-electron chi connectivity index (χ1n) is 5.86. The Kier molecular flexibility index (Phi) is 1.91. The van der Waals surface area contributed by atoms with Gasteiger partial charge < -0.3 is 5.11 Å². The normalized spacial score (nSPS) is 11.6. The van der Waals surface area contributed by atoms with Gasteiger partial charge in [-0.2, -0.15) is 0 Å². The SMILES string of the molecule is Oc1c2ccccc2cc2c1sc1ccccc12. The molecule has 3 aromatic carbocycles. The second-order valence-corrected chi connectivity index (χ2v) is 5.47. The topological polar surface area (TPSA) is 20.2 Å². The fourth-order valence-electron chi connectivity index (χ4n) is 2.50. The summed E-state index contributed by atoms with van der Waals surface area (Å²) in [4.78, 5) is 0. The lowest BCUT2D eigenvalue weighted by molar-refractivity contribution is 0.488. The molecule has 1 nitrogen and oxygen atoms in total. The monoisotopic (exact) mass is 250 g/mol. The van der Waals surface area contributed by atoms with E-state index >= 15 is 0 Å². The number of phenolic OH excluding ortho intramolecular Hbond substituents is 1. The molecule has 0 aliphatic rings. The van der Waals surface area contributed by atoms with E-state index in [4.69, 9.17) is 0 Å². The quantitative estimate of drug-likeness (QED) is 0.470. The van der Waals surface area contributed by atoms with Crippen LogP contribution in [0.2, 0.25) is 0 Å². The molecule has 0 spiro atoms. The van der Waals surface area contributed by atoms with Crippen LogP contribution < -0.4 is 0 Å². The van der Waals surface area contributed by atoms with E-state index in [1.165, 1.54) is 10.1 Å². The van der Waals surface area contributed by atoms with Crippen molar-refractivity contribution >= 4 is 42.3 Å². The predicted molar refractivity (Wildman–Crippen MR) is 78.5 cm³/mol. The van der Waals surface area contributed by atoms with Crippen LogP contribution >= 0.6 is 11.3 Å². The highest BCUT2D eigenvalue weighted by Crippen LogP contribution is 2.42. The number of hydrogen-bond donors (Lipinski definition) is 1. The molecule has 0 atom stereocenters. The average molecular weight is 250 g/mol. The molecule has 0 unspecified atom stereocenters. The summed E-state index contributed by atoms with van der Waals surface area (Å²) in [6.07, 6.45) is 0. The molecule has 0 radical (unpaired) electrons. The third-order valence-electron chi connectivity index (χ3n) is 3.36. The molecule has 2 heteroatoms. The average Bonchev–Trinajstić information content (AvgIpc) is 2.79. The Morgan fingerprint density at radius 1 is 0.778 bits per heavy atom. The van der Waals surface area contributed by atoms with Gasteiger partial charge in [-0.15, -0.1) is 11.3 Å². The van der Waals surface area contributed by atoms with Crippen molar-refractivity contribution in [2.45, 2.75) is 0 Å². The number of hydrogen-bond acceptors (Lipinski definition) is 2. The lowest BCUT2D eigenvalue weighted by atomic mass is 10.1. The number of benzene rings is 3. The first-order chi connectivity index (χ1) is 8.84. The van der Waals surface area contributed by atoms with E-state index in [2.05, 4.69) is 18.2 Å². The molecule has 1 aromatic heterocycles. The van der Waals surface area contributed by atoms with E-state index in [0.29, 0.717) is 5.75 Å². The zero-order chi connectivity index (χ0) is 12.1. The van der Waals surface area contributed by atoms with Gasteiger partial charge in [0, 0.05) is 20.9 Å². The van der Waals surface area contributed by atoms with Crippen LogP contribution in [-0.4, -0.2) is 5.11 Å². The van der Waals surface area contributed by atoms with E-state index in [0.717, 1.165) is 20.9 Å². The van der Waals surface area contributed by atoms with Crippen molar-refractivity contribution in [1.82, 2.24) is 0 Å². The molecule has 1 N–H and O–H groups in total. The highest BCUT2D eigenvalue weighted by Gasteiger charge is 2.11. The Morgan fingerprint density at radius 2 is 1.50 bits per heavy atom. The smallest absolute Gasteiger partial charge is 0.141 e. The van der Waals surface area contributed by atoms with Gasteiger partial charge in [-0.1, -0.05) is 42.5 Å². The molecular weight excluding hydrogens is 240 g/mol. The van der Waals surface area contributed by atoms with Crippen LogP contribution in [0.1, 0.15) is 0 Å². The maximum atomic E-state index is 10.4. The van der Waals surface area contributed by atoms with Crippen LogP contribution in [-0.2, 0) is 0 Å². The molecular formula is C16H10OS. The van der Waals surface area contributed by atoms with Gasteiger partial charge in [0.05, 0.1) is 4.70 Å². The second-order valence-electron chi connectivity index (χ2n) is 4.42. The zero-order valence-electron chi connectivity index (χ0n) is 9.55. The number of fused-ring (bicyclic) bond motifs is 4. The molecule has 0 aliphatic carbocycles. The number of rotatable bonds is 0. The van der Waals surface area contributed by atoms with Gasteiger partial charge >= 0.3 is 0 Å². The van der Waals surface area contributed by atoms with Gasteiger partial charge in [-0.3, -0.25) is 0 Å². The summed E-state index contributed by atoms with van der Waals surface area (Å²) in [5, 5.41) is 14.8. The third-order valence-corrected chi connectivity index (χ3v) is 4.56. The largest absolute Gasteiger partial charge is 0.506 e. The molecule has 0 fully saturated rings. The fourth-order valence-corrected chi connectivity index (χ4v) is 3.64. The van der Waals surface area contributed by atoms with E-state index in [-0.39, 0.29) is 0 Å². The van der Waals surface area contributed by atoms with Crippen LogP contribution in [0.15, 0.2) is 54.6 Å². The van der Waals surface area contributed by atoms with Crippen molar-refractivity contribution in [3.05, 3.63) is 54.6 Å². The number of aromatic hydroxyl groups is 1. The van der Waals surface area contributed by atoms with Crippen LogP contribution in [0, 0.1) is 0 Å². The van der Waals surface area contributed by atoms with Crippen molar-refractivity contribution in [2.75, 3.05) is 0 Å². The minimum atomic E-state index is 0.407. The van der Waals surface area contributed by atoms with Crippen molar-refractivity contribution in [1.29, 1.82) is 0 Å². The van der Waals surface area contributed by atoms with Crippen molar-refractivity contribution in [3.8, 4) is 5.75 Å². The van der Waals surface area contributed by atoms with Crippen LogP contribution in [0.25, 0.3) is 30.9 Å². The summed E-state index contributed by atoms with van der Waals surface area (Å²) in [5.74, 6) is 0.407. The summed E-state index contributed by atoms with van der Waals surface area (Å²) in [6, 6.07) is 18.4. The summed E-state index contributed by atoms with van der Waals surface area (Å²) in [5.41, 5.74) is 0. The maximum Gasteiger partial charge on any atom is 0.141 e. The number of thiophene rings is 1. The van der Waals surface area contributed by atoms with Crippen molar-refractivity contribution < 1.29 is 5.11 Å². The Labute approximate surface area is 108 Å². The Hall–Kier alpha value is -2.06. The van der Waals surface area contributed by atoms with Gasteiger partial charge in [0.25, 0.3) is 0 Å². The summed E-state index contributed by atoms with van der Waals surface area (Å²) >= 11 is 1.65. The lowest BCUT2D eigenvalue weighted by Crippen LogP contribution is -1.74. The standard InChI is InChI=1S/C16H10OS/c17-15-11-6-2-1-5-10(11)9-13-12-7-3-4-8-14(12)18-16(13)15/h1-9,17H. The molecule has 86 valence electrons. The molecule has 0 aliphatic heterocycles. The minimum Gasteiger partial charge on any atom is -0.506 e. The van der Waals surface area contributed by atoms with Crippen LogP contribution in [0.3, 0.4) is 0 Å². The Bertz CT molecular complexity index is 889. The summed E-state index contributed by atoms with van der Waals surface area (Å²) in [7, 11) is 0. The van der Waals surface area contributed by atoms with Gasteiger partial charge in [0.15, 0.2) is 0 Å². The summed E-state index contributed by atoms with van der Waals surface area (Å²) in [6.45, 7) is 0. The van der Waals surface area contributed by atoms with Crippen LogP contribution in [0.4, 0.5) is 0 Å². The highest BCUT2D eigenvalue weighted by molar-refractivity contribution is 7.26. The molecule has 0 saturated carbocycles. The van der Waals surface area contributed by atoms with E-state index in [9.17, 15) is 5.11 Å². The first kappa shape index (κ1) is 9.92. The number of phenols is 1. The lowest BCUT2D eigenvalue weighted by Gasteiger charge is -2.02. The van der Waals surface area contributed by atoms with Gasteiger partial charge in [-0.25, -0.2) is 0 Å². The van der Waals surface area contributed by atoms with Crippen molar-refractivity contribution in [3.63, 3.8) is 0 Å². The maximum absolute atomic E-state index is 10.4. The van der Waals surface area contributed by atoms with Crippen molar-refractivity contribution in [2.24, 2.45) is 0 Å². The molecule has 0 bridgehead atoms. The first-order valence-corrected chi connectivity index (χ1v) is 6.68. The zero-order valence-corrected chi connectivity index (χ0v) is 10.4. The molecule has 0 saturated heterocycles. The molecule has 18 heavy (non-hydrogen) atoms. The van der Waals surface area contributed by atoms with Gasteiger partial charge in [0.2, 0.25) is 0 Å². The fraction of sp³-hybridized carbons (Fsp3) is 0. The Balaban J connectivity index is 2.33.